The number of ether oxygens (including phenoxy) is 1. The predicted octanol–water partition coefficient (Wildman–Crippen LogP) is 4.25. The summed E-state index contributed by atoms with van der Waals surface area (Å²) in [5.41, 5.74) is 4.09. The van der Waals surface area contributed by atoms with Crippen LogP contribution in [0.3, 0.4) is 0 Å². The van der Waals surface area contributed by atoms with Crippen molar-refractivity contribution < 1.29 is 23.9 Å². The SMILES string of the molecule is Cc1ccc(C)c(N2C[C@@H](C(=O)Oc3ccc(N4C(=O)[C@H]5CCCC[C@H]5C4=O)c(C)c3)CC2=O)c1. The van der Waals surface area contributed by atoms with Gasteiger partial charge in [-0.1, -0.05) is 25.0 Å². The first-order chi connectivity index (χ1) is 16.7. The van der Waals surface area contributed by atoms with Gasteiger partial charge in [0.25, 0.3) is 0 Å². The molecule has 1 aliphatic carbocycles. The van der Waals surface area contributed by atoms with Gasteiger partial charge in [-0.05, 0) is 74.6 Å². The molecule has 2 heterocycles. The van der Waals surface area contributed by atoms with Crippen molar-refractivity contribution in [3.8, 4) is 5.75 Å². The lowest BCUT2D eigenvalue weighted by Gasteiger charge is -2.20. The normalized spacial score (nSPS) is 24.2. The van der Waals surface area contributed by atoms with Crippen molar-refractivity contribution in [3.63, 3.8) is 0 Å². The minimum Gasteiger partial charge on any atom is -0.426 e. The Labute approximate surface area is 205 Å². The van der Waals surface area contributed by atoms with E-state index in [1.807, 2.05) is 32.0 Å². The molecule has 3 amide bonds. The van der Waals surface area contributed by atoms with Crippen molar-refractivity contribution in [3.05, 3.63) is 53.1 Å². The first kappa shape index (κ1) is 23.3. The third kappa shape index (κ3) is 4.13. The zero-order valence-electron chi connectivity index (χ0n) is 20.4. The van der Waals surface area contributed by atoms with Crippen LogP contribution >= 0.6 is 0 Å². The Hall–Kier alpha value is -3.48. The number of esters is 1. The number of carbonyl (C=O) groups excluding carboxylic acids is 4. The van der Waals surface area contributed by atoms with Crippen LogP contribution in [-0.2, 0) is 19.2 Å². The van der Waals surface area contributed by atoms with Gasteiger partial charge in [-0.3, -0.25) is 19.2 Å². The smallest absolute Gasteiger partial charge is 0.316 e. The van der Waals surface area contributed by atoms with Crippen LogP contribution in [0.2, 0.25) is 0 Å². The lowest BCUT2D eigenvalue weighted by atomic mass is 9.81. The van der Waals surface area contributed by atoms with Crippen molar-refractivity contribution in [2.75, 3.05) is 16.3 Å². The van der Waals surface area contributed by atoms with E-state index in [2.05, 4.69) is 0 Å². The number of imide groups is 1. The molecule has 0 spiro atoms. The summed E-state index contributed by atoms with van der Waals surface area (Å²) in [5, 5.41) is 0. The third-order valence-corrected chi connectivity index (χ3v) is 7.58. The number of rotatable bonds is 4. The van der Waals surface area contributed by atoms with Crippen molar-refractivity contribution >= 4 is 35.1 Å². The molecular formula is C28H30N2O5. The molecule has 182 valence electrons. The Morgan fingerprint density at radius 1 is 0.857 bits per heavy atom. The number of amides is 3. The van der Waals surface area contributed by atoms with Gasteiger partial charge in [0.1, 0.15) is 5.75 Å². The molecule has 3 aliphatic rings. The van der Waals surface area contributed by atoms with Gasteiger partial charge in [-0.15, -0.1) is 0 Å². The minimum absolute atomic E-state index is 0.0975. The zero-order valence-corrected chi connectivity index (χ0v) is 20.4. The molecule has 3 fully saturated rings. The molecule has 2 aromatic carbocycles. The van der Waals surface area contributed by atoms with E-state index in [0.717, 1.165) is 42.5 Å². The molecule has 0 N–H and O–H groups in total. The Balaban J connectivity index is 1.29. The number of hydrogen-bond donors (Lipinski definition) is 0. The van der Waals surface area contributed by atoms with E-state index >= 15 is 0 Å². The van der Waals surface area contributed by atoms with Crippen LogP contribution in [-0.4, -0.2) is 30.2 Å². The summed E-state index contributed by atoms with van der Waals surface area (Å²) in [6, 6.07) is 10.9. The molecule has 0 radical (unpaired) electrons. The van der Waals surface area contributed by atoms with Gasteiger partial charge in [-0.25, -0.2) is 4.90 Å². The number of carbonyl (C=O) groups is 4. The molecule has 0 aromatic heterocycles. The molecule has 1 saturated carbocycles. The lowest BCUT2D eigenvalue weighted by molar-refractivity contribution is -0.139. The number of hydrogen-bond acceptors (Lipinski definition) is 5. The maximum absolute atomic E-state index is 12.9. The second kappa shape index (κ2) is 8.95. The van der Waals surface area contributed by atoms with Gasteiger partial charge in [0.15, 0.2) is 0 Å². The molecular weight excluding hydrogens is 444 g/mol. The van der Waals surface area contributed by atoms with Crippen LogP contribution in [0.4, 0.5) is 11.4 Å². The van der Waals surface area contributed by atoms with Gasteiger partial charge in [0.2, 0.25) is 17.7 Å². The van der Waals surface area contributed by atoms with E-state index in [9.17, 15) is 19.2 Å². The zero-order chi connectivity index (χ0) is 24.9. The van der Waals surface area contributed by atoms with Gasteiger partial charge in [0, 0.05) is 18.7 Å². The van der Waals surface area contributed by atoms with Crippen LogP contribution in [0, 0.1) is 38.5 Å². The molecule has 7 nitrogen and oxygen atoms in total. The summed E-state index contributed by atoms with van der Waals surface area (Å²) >= 11 is 0. The molecule has 2 aliphatic heterocycles. The van der Waals surface area contributed by atoms with Crippen molar-refractivity contribution in [1.29, 1.82) is 0 Å². The predicted molar refractivity (Wildman–Crippen MR) is 131 cm³/mol. The molecule has 3 atom stereocenters. The van der Waals surface area contributed by atoms with Crippen LogP contribution in [0.1, 0.15) is 48.8 Å². The monoisotopic (exact) mass is 474 g/mol. The molecule has 0 bridgehead atoms. The largest absolute Gasteiger partial charge is 0.426 e. The van der Waals surface area contributed by atoms with Gasteiger partial charge in [-0.2, -0.15) is 0 Å². The van der Waals surface area contributed by atoms with Crippen LogP contribution < -0.4 is 14.5 Å². The second-order valence-corrected chi connectivity index (χ2v) is 10.1. The van der Waals surface area contributed by atoms with Crippen LogP contribution in [0.15, 0.2) is 36.4 Å². The molecule has 2 saturated heterocycles. The summed E-state index contributed by atoms with van der Waals surface area (Å²) < 4.78 is 5.63. The summed E-state index contributed by atoms with van der Waals surface area (Å²) in [4.78, 5) is 54.4. The molecule has 0 unspecified atom stereocenters. The lowest BCUT2D eigenvalue weighted by Crippen LogP contribution is -2.31. The maximum atomic E-state index is 12.9. The average molecular weight is 475 g/mol. The fourth-order valence-corrected chi connectivity index (χ4v) is 5.65. The molecule has 5 rings (SSSR count). The quantitative estimate of drug-likeness (QED) is 0.376. The van der Waals surface area contributed by atoms with E-state index in [1.165, 1.54) is 4.90 Å². The van der Waals surface area contributed by atoms with Crippen LogP contribution in [0.25, 0.3) is 0 Å². The fraction of sp³-hybridized carbons (Fsp3) is 0.429. The number of benzene rings is 2. The molecule has 35 heavy (non-hydrogen) atoms. The topological polar surface area (TPSA) is 84.0 Å². The highest BCUT2D eigenvalue weighted by molar-refractivity contribution is 6.22. The van der Waals surface area contributed by atoms with Gasteiger partial charge in [0.05, 0.1) is 23.4 Å². The van der Waals surface area contributed by atoms with Crippen LogP contribution in [0.5, 0.6) is 5.75 Å². The van der Waals surface area contributed by atoms with Gasteiger partial charge < -0.3 is 9.64 Å². The fourth-order valence-electron chi connectivity index (χ4n) is 5.65. The highest BCUT2D eigenvalue weighted by atomic mass is 16.5. The van der Waals surface area contributed by atoms with E-state index in [4.69, 9.17) is 4.74 Å². The number of nitrogens with zero attached hydrogens (tertiary/aromatic N) is 2. The highest BCUT2D eigenvalue weighted by Gasteiger charge is 2.49. The summed E-state index contributed by atoms with van der Waals surface area (Å²) in [6.45, 7) is 6.00. The number of fused-ring (bicyclic) bond motifs is 1. The Morgan fingerprint density at radius 3 is 2.20 bits per heavy atom. The first-order valence-corrected chi connectivity index (χ1v) is 12.3. The number of aryl methyl sites for hydroxylation is 3. The Kier molecular flexibility index (Phi) is 5.95. The molecule has 7 heteroatoms. The van der Waals surface area contributed by atoms with E-state index in [0.29, 0.717) is 17.0 Å². The Morgan fingerprint density at radius 2 is 1.54 bits per heavy atom. The van der Waals surface area contributed by atoms with E-state index < -0.39 is 11.9 Å². The third-order valence-electron chi connectivity index (χ3n) is 7.58. The Bertz CT molecular complexity index is 1210. The molecule has 2 aromatic rings. The van der Waals surface area contributed by atoms with Crippen molar-refractivity contribution in [2.24, 2.45) is 17.8 Å². The average Bonchev–Trinajstić information content (AvgIpc) is 3.34. The maximum Gasteiger partial charge on any atom is 0.316 e. The van der Waals surface area contributed by atoms with Crippen molar-refractivity contribution in [1.82, 2.24) is 0 Å². The second-order valence-electron chi connectivity index (χ2n) is 10.1. The summed E-state index contributed by atoms with van der Waals surface area (Å²) in [5.74, 6) is -1.46. The number of anilines is 2. The standard InChI is InChI=1S/C28H30N2O5/c1-16-8-9-17(2)24(12-16)29-15-19(14-25(29)31)28(34)35-20-10-11-23(18(3)13-20)30-26(32)21-6-4-5-7-22(21)27(30)33/h8-13,19,21-22H,4-7,14-15H2,1-3H3/t19-,21-,22+/m0/s1. The highest BCUT2D eigenvalue weighted by Crippen LogP contribution is 2.41. The summed E-state index contributed by atoms with van der Waals surface area (Å²) in [6.07, 6.45) is 3.58. The first-order valence-electron chi connectivity index (χ1n) is 12.3. The minimum atomic E-state index is -0.563. The van der Waals surface area contributed by atoms with Crippen molar-refractivity contribution in [2.45, 2.75) is 52.9 Å². The van der Waals surface area contributed by atoms with E-state index in [-0.39, 0.29) is 42.5 Å². The summed E-state index contributed by atoms with van der Waals surface area (Å²) in [7, 11) is 0. The van der Waals surface area contributed by atoms with Gasteiger partial charge >= 0.3 is 5.97 Å². The van der Waals surface area contributed by atoms with E-state index in [1.54, 1.807) is 30.0 Å².